The first-order valence-corrected chi connectivity index (χ1v) is 8.77. The normalized spacial score (nSPS) is 11.5. The topological polar surface area (TPSA) is 72.5 Å². The largest absolute Gasteiger partial charge is 0.454 e. The van der Waals surface area contributed by atoms with Gasteiger partial charge in [0.1, 0.15) is 5.82 Å². The van der Waals surface area contributed by atoms with Crippen molar-refractivity contribution in [1.82, 2.24) is 0 Å². The van der Waals surface area contributed by atoms with Crippen LogP contribution in [0.2, 0.25) is 0 Å². The second-order valence-corrected chi connectivity index (χ2v) is 6.18. The van der Waals surface area contributed by atoms with Crippen LogP contribution in [0.1, 0.15) is 42.6 Å². The van der Waals surface area contributed by atoms with Crippen LogP contribution in [0.3, 0.4) is 0 Å². The van der Waals surface area contributed by atoms with Crippen molar-refractivity contribution in [2.24, 2.45) is 0 Å². The van der Waals surface area contributed by atoms with Gasteiger partial charge in [-0.2, -0.15) is 0 Å². The van der Waals surface area contributed by atoms with Crippen LogP contribution < -0.4 is 5.32 Å². The van der Waals surface area contributed by atoms with Crippen molar-refractivity contribution in [1.29, 1.82) is 0 Å². The highest BCUT2D eigenvalue weighted by molar-refractivity contribution is 6.00. The lowest BCUT2D eigenvalue weighted by Gasteiger charge is -2.13. The molecule has 0 spiro atoms. The molecule has 0 aromatic heterocycles. The lowest BCUT2D eigenvalue weighted by atomic mass is 10.1. The number of esters is 1. The molecule has 1 N–H and O–H groups in total. The van der Waals surface area contributed by atoms with Crippen molar-refractivity contribution >= 4 is 23.3 Å². The third kappa shape index (κ3) is 6.33. The molecule has 0 saturated carbocycles. The van der Waals surface area contributed by atoms with E-state index < -0.39 is 12.1 Å². The first-order valence-electron chi connectivity index (χ1n) is 8.77. The number of Topliss-reactive ketones (excluding diaryl/α,β-unsaturated/α-hetero) is 1. The van der Waals surface area contributed by atoms with Crippen LogP contribution in [-0.2, 0) is 20.7 Å². The number of ketones is 1. The van der Waals surface area contributed by atoms with Gasteiger partial charge in [-0.05, 0) is 55.3 Å². The molecule has 6 heteroatoms. The van der Waals surface area contributed by atoms with Crippen LogP contribution in [0, 0.1) is 5.82 Å². The van der Waals surface area contributed by atoms with Crippen molar-refractivity contribution in [2.45, 2.75) is 39.2 Å². The minimum absolute atomic E-state index is 0.0414. The maximum atomic E-state index is 12.9. The maximum Gasteiger partial charge on any atom is 0.310 e. The zero-order valence-corrected chi connectivity index (χ0v) is 15.3. The standard InChI is InChI=1S/C21H22FNO4/c1-3-4-19(24)23-18-11-7-16(8-12-18)21(26)14(2)27-20(25)13-15-5-9-17(22)10-6-15/h5-12,14H,3-4,13H2,1-2H3,(H,23,24). The average molecular weight is 371 g/mol. The van der Waals surface area contributed by atoms with E-state index in [2.05, 4.69) is 5.32 Å². The molecule has 2 aromatic carbocycles. The van der Waals surface area contributed by atoms with Gasteiger partial charge in [-0.15, -0.1) is 0 Å². The Morgan fingerprint density at radius 3 is 2.26 bits per heavy atom. The summed E-state index contributed by atoms with van der Waals surface area (Å²) in [6.07, 6.45) is 0.198. The van der Waals surface area contributed by atoms with E-state index in [1.165, 1.54) is 31.2 Å². The summed E-state index contributed by atoms with van der Waals surface area (Å²) in [5, 5.41) is 2.74. The fraction of sp³-hybridized carbons (Fsp3) is 0.286. The smallest absolute Gasteiger partial charge is 0.310 e. The van der Waals surface area contributed by atoms with Crippen LogP contribution in [-0.4, -0.2) is 23.8 Å². The molecule has 0 fully saturated rings. The molecular formula is C21H22FNO4. The molecule has 27 heavy (non-hydrogen) atoms. The first-order chi connectivity index (χ1) is 12.9. The Bertz CT molecular complexity index is 800. The highest BCUT2D eigenvalue weighted by Crippen LogP contribution is 2.14. The Balaban J connectivity index is 1.91. The summed E-state index contributed by atoms with van der Waals surface area (Å²) in [7, 11) is 0. The number of hydrogen-bond acceptors (Lipinski definition) is 4. The van der Waals surface area contributed by atoms with E-state index in [0.717, 1.165) is 6.42 Å². The average Bonchev–Trinajstić information content (AvgIpc) is 2.63. The molecule has 0 radical (unpaired) electrons. The molecule has 0 heterocycles. The number of carbonyl (C=O) groups excluding carboxylic acids is 3. The lowest BCUT2D eigenvalue weighted by molar-refractivity contribution is -0.145. The van der Waals surface area contributed by atoms with Gasteiger partial charge in [0.2, 0.25) is 11.7 Å². The zero-order valence-electron chi connectivity index (χ0n) is 15.3. The molecule has 0 aliphatic carbocycles. The van der Waals surface area contributed by atoms with E-state index in [9.17, 15) is 18.8 Å². The molecule has 1 amide bonds. The minimum atomic E-state index is -0.946. The predicted molar refractivity (Wildman–Crippen MR) is 100.0 cm³/mol. The van der Waals surface area contributed by atoms with E-state index in [-0.39, 0.29) is 23.9 Å². The van der Waals surface area contributed by atoms with E-state index >= 15 is 0 Å². The maximum absolute atomic E-state index is 12.9. The Hall–Kier alpha value is -3.02. The summed E-state index contributed by atoms with van der Waals surface area (Å²) in [5.74, 6) is -1.37. The quantitative estimate of drug-likeness (QED) is 0.564. The van der Waals surface area contributed by atoms with Gasteiger partial charge in [0.25, 0.3) is 0 Å². The lowest BCUT2D eigenvalue weighted by Crippen LogP contribution is -2.25. The highest BCUT2D eigenvalue weighted by atomic mass is 19.1. The number of amides is 1. The number of benzene rings is 2. The Labute approximate surface area is 157 Å². The van der Waals surface area contributed by atoms with Crippen LogP contribution in [0.15, 0.2) is 48.5 Å². The second-order valence-electron chi connectivity index (χ2n) is 6.18. The van der Waals surface area contributed by atoms with Crippen molar-refractivity contribution in [2.75, 3.05) is 5.32 Å². The molecule has 0 aliphatic heterocycles. The Kier molecular flexibility index (Phi) is 7.23. The van der Waals surface area contributed by atoms with Gasteiger partial charge in [-0.1, -0.05) is 19.1 Å². The van der Waals surface area contributed by atoms with Crippen molar-refractivity contribution < 1.29 is 23.5 Å². The predicted octanol–water partition coefficient (Wildman–Crippen LogP) is 3.92. The molecule has 1 unspecified atom stereocenters. The van der Waals surface area contributed by atoms with Crippen molar-refractivity contribution in [3.8, 4) is 0 Å². The molecule has 5 nitrogen and oxygen atoms in total. The highest BCUT2D eigenvalue weighted by Gasteiger charge is 2.19. The molecule has 2 rings (SSSR count). The van der Waals surface area contributed by atoms with Gasteiger partial charge in [-0.3, -0.25) is 14.4 Å². The number of carbonyl (C=O) groups is 3. The molecule has 2 aromatic rings. The number of nitrogens with one attached hydrogen (secondary N) is 1. The van der Waals surface area contributed by atoms with Gasteiger partial charge in [-0.25, -0.2) is 4.39 Å². The number of rotatable bonds is 8. The number of hydrogen-bond donors (Lipinski definition) is 1. The van der Waals surface area contributed by atoms with Crippen LogP contribution in [0.5, 0.6) is 0 Å². The van der Waals surface area contributed by atoms with Gasteiger partial charge in [0, 0.05) is 17.7 Å². The van der Waals surface area contributed by atoms with Gasteiger partial charge >= 0.3 is 5.97 Å². The second kappa shape index (κ2) is 9.62. The third-order valence-corrected chi connectivity index (χ3v) is 3.87. The molecule has 142 valence electrons. The van der Waals surface area contributed by atoms with Crippen LogP contribution in [0.4, 0.5) is 10.1 Å². The zero-order chi connectivity index (χ0) is 19.8. The molecule has 0 bridgehead atoms. The van der Waals surface area contributed by atoms with Gasteiger partial charge in [0.05, 0.1) is 6.42 Å². The number of anilines is 1. The van der Waals surface area contributed by atoms with Gasteiger partial charge < -0.3 is 10.1 Å². The summed E-state index contributed by atoms with van der Waals surface area (Å²) >= 11 is 0. The fourth-order valence-electron chi connectivity index (χ4n) is 2.46. The van der Waals surface area contributed by atoms with E-state index in [1.807, 2.05) is 6.92 Å². The Morgan fingerprint density at radius 1 is 1.04 bits per heavy atom. The molecule has 0 saturated heterocycles. The number of ether oxygens (including phenoxy) is 1. The third-order valence-electron chi connectivity index (χ3n) is 3.87. The number of halogens is 1. The van der Waals surface area contributed by atoms with Crippen LogP contribution >= 0.6 is 0 Å². The molecule has 0 aliphatic rings. The van der Waals surface area contributed by atoms with E-state index in [0.29, 0.717) is 23.2 Å². The summed E-state index contributed by atoms with van der Waals surface area (Å²) < 4.78 is 18.1. The summed E-state index contributed by atoms with van der Waals surface area (Å²) in [4.78, 5) is 35.9. The molecular weight excluding hydrogens is 349 g/mol. The van der Waals surface area contributed by atoms with E-state index in [4.69, 9.17) is 4.74 Å². The van der Waals surface area contributed by atoms with Crippen LogP contribution in [0.25, 0.3) is 0 Å². The monoisotopic (exact) mass is 371 g/mol. The molecule has 1 atom stereocenters. The Morgan fingerprint density at radius 2 is 1.67 bits per heavy atom. The van der Waals surface area contributed by atoms with E-state index in [1.54, 1.807) is 24.3 Å². The summed E-state index contributed by atoms with van der Waals surface area (Å²) in [5.41, 5.74) is 1.59. The summed E-state index contributed by atoms with van der Waals surface area (Å²) in [6.45, 7) is 3.42. The fourth-order valence-corrected chi connectivity index (χ4v) is 2.46. The summed E-state index contributed by atoms with van der Waals surface area (Å²) in [6, 6.07) is 11.9. The van der Waals surface area contributed by atoms with Crippen molar-refractivity contribution in [3.05, 3.63) is 65.5 Å². The SMILES string of the molecule is CCCC(=O)Nc1ccc(C(=O)C(C)OC(=O)Cc2ccc(F)cc2)cc1. The van der Waals surface area contributed by atoms with Crippen molar-refractivity contribution in [3.63, 3.8) is 0 Å². The first kappa shape index (κ1) is 20.3. The van der Waals surface area contributed by atoms with Gasteiger partial charge in [0.15, 0.2) is 6.10 Å². The minimum Gasteiger partial charge on any atom is -0.454 e.